The van der Waals surface area contributed by atoms with Gasteiger partial charge in [0.25, 0.3) is 10.0 Å². The first-order chi connectivity index (χ1) is 8.49. The number of nitrogen functional groups attached to an aromatic ring is 1. The second-order valence-corrected chi connectivity index (χ2v) is 5.47. The molecule has 0 saturated heterocycles. The van der Waals surface area contributed by atoms with Crippen LogP contribution in [-0.2, 0) is 10.0 Å². The van der Waals surface area contributed by atoms with E-state index in [0.717, 1.165) is 6.20 Å². The molecule has 6 nitrogen and oxygen atoms in total. The van der Waals surface area contributed by atoms with Crippen molar-refractivity contribution in [3.8, 4) is 0 Å². The zero-order valence-electron chi connectivity index (χ0n) is 9.04. The van der Waals surface area contributed by atoms with E-state index in [1.807, 2.05) is 0 Å². The van der Waals surface area contributed by atoms with Crippen LogP contribution in [0.5, 0.6) is 0 Å². The Bertz CT molecular complexity index is 661. The summed E-state index contributed by atoms with van der Waals surface area (Å²) in [4.78, 5) is 7.43. The molecule has 0 amide bonds. The van der Waals surface area contributed by atoms with Gasteiger partial charge in [-0.15, -0.1) is 0 Å². The van der Waals surface area contributed by atoms with Crippen molar-refractivity contribution >= 4 is 33.1 Å². The molecule has 0 radical (unpaired) electrons. The average Bonchev–Trinajstić information content (AvgIpc) is 2.33. The molecule has 0 spiro atoms. The van der Waals surface area contributed by atoms with Crippen molar-refractivity contribution in [1.82, 2.24) is 9.97 Å². The third kappa shape index (κ3) is 2.69. The molecule has 94 valence electrons. The van der Waals surface area contributed by atoms with Crippen LogP contribution in [0.4, 0.5) is 11.5 Å². The standard InChI is InChI=1S/C10H9ClN4O2S/c11-9-5-8(6-14-10(9)12)18(16,17)15-7-1-3-13-4-2-7/h1-6H,(H2,12,14)(H,13,15). The maximum Gasteiger partial charge on any atom is 0.263 e. The number of nitrogens with one attached hydrogen (secondary N) is 1. The molecule has 0 aliphatic carbocycles. The summed E-state index contributed by atoms with van der Waals surface area (Å²) in [7, 11) is -3.73. The molecule has 2 heterocycles. The Morgan fingerprint density at radius 3 is 2.56 bits per heavy atom. The number of rotatable bonds is 3. The van der Waals surface area contributed by atoms with Gasteiger partial charge in [0.15, 0.2) is 0 Å². The summed E-state index contributed by atoms with van der Waals surface area (Å²) >= 11 is 5.73. The van der Waals surface area contributed by atoms with Gasteiger partial charge >= 0.3 is 0 Å². The quantitative estimate of drug-likeness (QED) is 0.890. The van der Waals surface area contributed by atoms with E-state index in [4.69, 9.17) is 17.3 Å². The molecule has 18 heavy (non-hydrogen) atoms. The minimum atomic E-state index is -3.73. The van der Waals surface area contributed by atoms with E-state index in [0.29, 0.717) is 5.69 Å². The fourth-order valence-corrected chi connectivity index (χ4v) is 2.47. The van der Waals surface area contributed by atoms with E-state index in [-0.39, 0.29) is 15.7 Å². The highest BCUT2D eigenvalue weighted by atomic mass is 35.5. The van der Waals surface area contributed by atoms with Crippen molar-refractivity contribution in [2.45, 2.75) is 4.90 Å². The molecule has 0 aliphatic rings. The fraction of sp³-hybridized carbons (Fsp3) is 0. The molecule has 0 saturated carbocycles. The lowest BCUT2D eigenvalue weighted by Gasteiger charge is -2.08. The summed E-state index contributed by atoms with van der Waals surface area (Å²) in [5, 5.41) is 0.0904. The molecule has 8 heteroatoms. The van der Waals surface area contributed by atoms with Crippen LogP contribution in [0.2, 0.25) is 5.02 Å². The van der Waals surface area contributed by atoms with Gasteiger partial charge in [-0.1, -0.05) is 11.6 Å². The molecule has 0 aliphatic heterocycles. The van der Waals surface area contributed by atoms with E-state index in [1.165, 1.54) is 30.6 Å². The Balaban J connectivity index is 2.34. The van der Waals surface area contributed by atoms with Gasteiger partial charge in [0, 0.05) is 18.6 Å². The Kier molecular flexibility index (Phi) is 3.35. The SMILES string of the molecule is Nc1ncc(S(=O)(=O)Nc2ccncc2)cc1Cl. The van der Waals surface area contributed by atoms with Gasteiger partial charge in [-0.05, 0) is 18.2 Å². The van der Waals surface area contributed by atoms with Crippen LogP contribution in [0.15, 0.2) is 41.7 Å². The van der Waals surface area contributed by atoms with E-state index >= 15 is 0 Å². The molecule has 0 fully saturated rings. The monoisotopic (exact) mass is 284 g/mol. The lowest BCUT2D eigenvalue weighted by Crippen LogP contribution is -2.13. The van der Waals surface area contributed by atoms with Crippen molar-refractivity contribution in [3.05, 3.63) is 41.8 Å². The van der Waals surface area contributed by atoms with Crippen LogP contribution >= 0.6 is 11.6 Å². The number of hydrogen-bond donors (Lipinski definition) is 2. The molecule has 3 N–H and O–H groups in total. The smallest absolute Gasteiger partial charge is 0.263 e. The number of sulfonamides is 1. The molecule has 0 unspecified atom stereocenters. The highest BCUT2D eigenvalue weighted by Crippen LogP contribution is 2.21. The Morgan fingerprint density at radius 1 is 1.28 bits per heavy atom. The first-order valence-corrected chi connectivity index (χ1v) is 6.69. The van der Waals surface area contributed by atoms with Gasteiger partial charge in [-0.3, -0.25) is 9.71 Å². The maximum absolute atomic E-state index is 12.0. The van der Waals surface area contributed by atoms with Gasteiger partial charge in [0.05, 0.1) is 10.7 Å². The second-order valence-electron chi connectivity index (χ2n) is 3.38. The first kappa shape index (κ1) is 12.6. The molecule has 0 atom stereocenters. The van der Waals surface area contributed by atoms with Crippen molar-refractivity contribution < 1.29 is 8.42 Å². The minimum absolute atomic E-state index is 0.0569. The van der Waals surface area contributed by atoms with Gasteiger partial charge in [-0.2, -0.15) is 0 Å². The lowest BCUT2D eigenvalue weighted by atomic mass is 10.4. The van der Waals surface area contributed by atoms with Crippen LogP contribution in [0.1, 0.15) is 0 Å². The highest BCUT2D eigenvalue weighted by Gasteiger charge is 2.16. The fourth-order valence-electron chi connectivity index (χ4n) is 1.21. The van der Waals surface area contributed by atoms with Crippen LogP contribution < -0.4 is 10.5 Å². The van der Waals surface area contributed by atoms with E-state index in [2.05, 4.69) is 14.7 Å². The van der Waals surface area contributed by atoms with Crippen molar-refractivity contribution in [2.75, 3.05) is 10.5 Å². The molecule has 2 rings (SSSR count). The van der Waals surface area contributed by atoms with Crippen molar-refractivity contribution in [3.63, 3.8) is 0 Å². The number of hydrogen-bond acceptors (Lipinski definition) is 5. The van der Waals surface area contributed by atoms with Gasteiger partial charge in [0.2, 0.25) is 0 Å². The van der Waals surface area contributed by atoms with Gasteiger partial charge < -0.3 is 5.73 Å². The highest BCUT2D eigenvalue weighted by molar-refractivity contribution is 7.92. The Hall–Kier alpha value is -1.86. The first-order valence-electron chi connectivity index (χ1n) is 4.83. The number of aromatic nitrogens is 2. The average molecular weight is 285 g/mol. The second kappa shape index (κ2) is 4.79. The summed E-state index contributed by atoms with van der Waals surface area (Å²) in [6, 6.07) is 4.31. The summed E-state index contributed by atoms with van der Waals surface area (Å²) in [6.07, 6.45) is 4.10. The molecule has 2 aromatic heterocycles. The number of anilines is 2. The largest absolute Gasteiger partial charge is 0.382 e. The summed E-state index contributed by atoms with van der Waals surface area (Å²) in [5.74, 6) is 0.0829. The summed E-state index contributed by atoms with van der Waals surface area (Å²) in [6.45, 7) is 0. The number of nitrogens with zero attached hydrogens (tertiary/aromatic N) is 2. The van der Waals surface area contributed by atoms with E-state index < -0.39 is 10.0 Å². The summed E-state index contributed by atoms with van der Waals surface area (Å²) in [5.41, 5.74) is 5.82. The molecular weight excluding hydrogens is 276 g/mol. The van der Waals surface area contributed by atoms with Crippen LogP contribution in [0.3, 0.4) is 0 Å². The van der Waals surface area contributed by atoms with E-state index in [9.17, 15) is 8.42 Å². The maximum atomic E-state index is 12.0. The van der Waals surface area contributed by atoms with Crippen LogP contribution in [0, 0.1) is 0 Å². The number of pyridine rings is 2. The number of nitrogens with two attached hydrogens (primary N) is 1. The zero-order valence-corrected chi connectivity index (χ0v) is 10.6. The van der Waals surface area contributed by atoms with Gasteiger partial charge in [0.1, 0.15) is 10.7 Å². The predicted octanol–water partition coefficient (Wildman–Crippen LogP) is 1.51. The molecule has 2 aromatic rings. The van der Waals surface area contributed by atoms with Crippen molar-refractivity contribution in [1.29, 1.82) is 0 Å². The summed E-state index contributed by atoms with van der Waals surface area (Å²) < 4.78 is 26.4. The normalized spacial score (nSPS) is 11.2. The third-order valence-corrected chi connectivity index (χ3v) is 3.74. The topological polar surface area (TPSA) is 98.0 Å². The molecule has 0 aromatic carbocycles. The molecule has 0 bridgehead atoms. The Labute approximate surface area is 109 Å². The third-order valence-electron chi connectivity index (χ3n) is 2.09. The van der Waals surface area contributed by atoms with Crippen molar-refractivity contribution in [2.24, 2.45) is 0 Å². The van der Waals surface area contributed by atoms with E-state index in [1.54, 1.807) is 0 Å². The zero-order chi connectivity index (χ0) is 13.2. The molecular formula is C10H9ClN4O2S. The predicted molar refractivity (Wildman–Crippen MR) is 68.7 cm³/mol. The minimum Gasteiger partial charge on any atom is -0.382 e. The lowest BCUT2D eigenvalue weighted by molar-refractivity contribution is 0.601. The van der Waals surface area contributed by atoms with Gasteiger partial charge in [-0.25, -0.2) is 13.4 Å². The Morgan fingerprint density at radius 2 is 1.94 bits per heavy atom. The van der Waals surface area contributed by atoms with Crippen LogP contribution in [0.25, 0.3) is 0 Å². The van der Waals surface area contributed by atoms with Crippen LogP contribution in [-0.4, -0.2) is 18.4 Å². The number of halogens is 1.